The van der Waals surface area contributed by atoms with Crippen molar-refractivity contribution in [3.05, 3.63) is 0 Å². The summed E-state index contributed by atoms with van der Waals surface area (Å²) in [5.41, 5.74) is -0.0696. The minimum absolute atomic E-state index is 0.0539. The number of hydrogen-bond acceptors (Lipinski definition) is 4. The first-order chi connectivity index (χ1) is 8.30. The van der Waals surface area contributed by atoms with E-state index in [1.807, 2.05) is 0 Å². The highest BCUT2D eigenvalue weighted by molar-refractivity contribution is 7.91. The summed E-state index contributed by atoms with van der Waals surface area (Å²) in [6.07, 6.45) is 2.64. The average Bonchev–Trinajstić information content (AvgIpc) is 2.57. The maximum Gasteiger partial charge on any atom is 0.237 e. The number of carbonyl (C=O) groups excluding carboxylic acids is 1. The van der Waals surface area contributed by atoms with Gasteiger partial charge in [-0.15, -0.1) is 0 Å². The standard InChI is InChI=1S/C12H22N2O3S/c1-12(2)5-3-6-13-10(12)11(15)14-9-4-7-18(16,17)8-9/h9-10,13H,3-8H2,1-2H3,(H,14,15). The molecule has 0 aromatic carbocycles. The Balaban J connectivity index is 1.96. The number of nitrogens with one attached hydrogen (secondary N) is 2. The second-order valence-corrected chi connectivity index (χ2v) is 8.32. The lowest BCUT2D eigenvalue weighted by Gasteiger charge is -2.38. The van der Waals surface area contributed by atoms with Crippen molar-refractivity contribution in [3.63, 3.8) is 0 Å². The number of piperidine rings is 1. The summed E-state index contributed by atoms with van der Waals surface area (Å²) < 4.78 is 22.7. The van der Waals surface area contributed by atoms with E-state index in [9.17, 15) is 13.2 Å². The van der Waals surface area contributed by atoms with Gasteiger partial charge in [-0.2, -0.15) is 0 Å². The van der Waals surface area contributed by atoms with E-state index in [-0.39, 0.29) is 34.9 Å². The molecule has 0 radical (unpaired) electrons. The second kappa shape index (κ2) is 4.81. The van der Waals surface area contributed by atoms with Crippen LogP contribution in [0.4, 0.5) is 0 Å². The smallest absolute Gasteiger partial charge is 0.237 e. The van der Waals surface area contributed by atoms with E-state index in [4.69, 9.17) is 0 Å². The quantitative estimate of drug-likeness (QED) is 0.747. The summed E-state index contributed by atoms with van der Waals surface area (Å²) in [4.78, 5) is 12.2. The summed E-state index contributed by atoms with van der Waals surface area (Å²) >= 11 is 0. The fraction of sp³-hybridized carbons (Fsp3) is 0.917. The summed E-state index contributed by atoms with van der Waals surface area (Å²) in [7, 11) is -2.94. The molecule has 0 spiro atoms. The predicted molar refractivity (Wildman–Crippen MR) is 70.0 cm³/mol. The van der Waals surface area contributed by atoms with Gasteiger partial charge in [0.25, 0.3) is 0 Å². The molecule has 2 atom stereocenters. The maximum absolute atomic E-state index is 12.2. The third-order valence-electron chi connectivity index (χ3n) is 3.97. The van der Waals surface area contributed by atoms with Crippen LogP contribution < -0.4 is 10.6 Å². The largest absolute Gasteiger partial charge is 0.351 e. The predicted octanol–water partition coefficient (Wildman–Crippen LogP) is 0.0679. The molecule has 6 heteroatoms. The van der Waals surface area contributed by atoms with Gasteiger partial charge in [-0.3, -0.25) is 4.79 Å². The molecule has 0 bridgehead atoms. The first-order valence-corrected chi connectivity index (χ1v) is 8.36. The van der Waals surface area contributed by atoms with Crippen LogP contribution in [0.2, 0.25) is 0 Å². The van der Waals surface area contributed by atoms with Crippen LogP contribution in [0.1, 0.15) is 33.1 Å². The van der Waals surface area contributed by atoms with Crippen molar-refractivity contribution in [2.75, 3.05) is 18.1 Å². The molecule has 2 rings (SSSR count). The van der Waals surface area contributed by atoms with E-state index in [1.54, 1.807) is 0 Å². The van der Waals surface area contributed by atoms with Crippen LogP contribution in [0.3, 0.4) is 0 Å². The maximum atomic E-state index is 12.2. The Morgan fingerprint density at radius 3 is 2.67 bits per heavy atom. The molecule has 5 nitrogen and oxygen atoms in total. The van der Waals surface area contributed by atoms with E-state index >= 15 is 0 Å². The van der Waals surface area contributed by atoms with Gasteiger partial charge in [0.05, 0.1) is 17.5 Å². The normalized spacial score (nSPS) is 34.1. The average molecular weight is 274 g/mol. The zero-order chi connectivity index (χ0) is 13.4. The van der Waals surface area contributed by atoms with Crippen molar-refractivity contribution in [2.24, 2.45) is 5.41 Å². The Kier molecular flexibility index (Phi) is 3.69. The molecule has 2 fully saturated rings. The van der Waals surface area contributed by atoms with Crippen molar-refractivity contribution < 1.29 is 13.2 Å². The lowest BCUT2D eigenvalue weighted by Crippen LogP contribution is -2.57. The van der Waals surface area contributed by atoms with E-state index in [2.05, 4.69) is 24.5 Å². The van der Waals surface area contributed by atoms with Gasteiger partial charge in [-0.25, -0.2) is 8.42 Å². The van der Waals surface area contributed by atoms with Crippen molar-refractivity contribution >= 4 is 15.7 Å². The molecule has 0 aromatic heterocycles. The topological polar surface area (TPSA) is 75.3 Å². The molecule has 2 N–H and O–H groups in total. The van der Waals surface area contributed by atoms with Crippen LogP contribution in [0, 0.1) is 5.41 Å². The fourth-order valence-corrected chi connectivity index (χ4v) is 4.53. The van der Waals surface area contributed by atoms with Crippen LogP contribution in [-0.4, -0.2) is 44.5 Å². The van der Waals surface area contributed by atoms with Crippen molar-refractivity contribution in [1.29, 1.82) is 0 Å². The van der Waals surface area contributed by atoms with Crippen LogP contribution in [0.25, 0.3) is 0 Å². The molecule has 104 valence electrons. The summed E-state index contributed by atoms with van der Waals surface area (Å²) in [5.74, 6) is 0.229. The Labute approximate surface area is 109 Å². The molecule has 0 saturated carbocycles. The molecule has 18 heavy (non-hydrogen) atoms. The number of rotatable bonds is 2. The summed E-state index contributed by atoms with van der Waals surface area (Å²) in [6, 6.07) is -0.420. The number of carbonyl (C=O) groups is 1. The van der Waals surface area contributed by atoms with E-state index in [0.717, 1.165) is 19.4 Å². The highest BCUT2D eigenvalue weighted by atomic mass is 32.2. The highest BCUT2D eigenvalue weighted by Crippen LogP contribution is 2.30. The monoisotopic (exact) mass is 274 g/mol. The minimum atomic E-state index is -2.94. The van der Waals surface area contributed by atoms with Crippen LogP contribution >= 0.6 is 0 Å². The second-order valence-electron chi connectivity index (χ2n) is 6.09. The first kappa shape index (κ1) is 13.8. The molecule has 2 aliphatic rings. The zero-order valence-corrected chi connectivity index (χ0v) is 11.8. The Bertz CT molecular complexity index is 431. The lowest BCUT2D eigenvalue weighted by molar-refractivity contribution is -0.127. The van der Waals surface area contributed by atoms with E-state index in [1.165, 1.54) is 0 Å². The Morgan fingerprint density at radius 1 is 1.39 bits per heavy atom. The molecule has 0 aliphatic carbocycles. The van der Waals surface area contributed by atoms with E-state index in [0.29, 0.717) is 6.42 Å². The first-order valence-electron chi connectivity index (χ1n) is 6.54. The van der Waals surface area contributed by atoms with Crippen LogP contribution in [-0.2, 0) is 14.6 Å². The van der Waals surface area contributed by atoms with Gasteiger partial charge in [0.1, 0.15) is 0 Å². The molecule has 2 aliphatic heterocycles. The van der Waals surface area contributed by atoms with Gasteiger partial charge in [0, 0.05) is 6.04 Å². The van der Waals surface area contributed by atoms with Gasteiger partial charge >= 0.3 is 0 Å². The van der Waals surface area contributed by atoms with Gasteiger partial charge in [0.2, 0.25) is 5.91 Å². The van der Waals surface area contributed by atoms with Crippen LogP contribution in [0.15, 0.2) is 0 Å². The number of amides is 1. The molecule has 2 saturated heterocycles. The number of hydrogen-bond donors (Lipinski definition) is 2. The highest BCUT2D eigenvalue weighted by Gasteiger charge is 2.39. The Morgan fingerprint density at radius 2 is 2.11 bits per heavy atom. The molecule has 0 aromatic rings. The van der Waals surface area contributed by atoms with Crippen molar-refractivity contribution in [2.45, 2.75) is 45.2 Å². The van der Waals surface area contributed by atoms with Gasteiger partial charge in [0.15, 0.2) is 9.84 Å². The minimum Gasteiger partial charge on any atom is -0.351 e. The molecule has 2 unspecified atom stereocenters. The van der Waals surface area contributed by atoms with Gasteiger partial charge in [-0.05, 0) is 31.2 Å². The molecule has 2 heterocycles. The lowest BCUT2D eigenvalue weighted by atomic mass is 9.77. The van der Waals surface area contributed by atoms with Crippen molar-refractivity contribution in [1.82, 2.24) is 10.6 Å². The van der Waals surface area contributed by atoms with Gasteiger partial charge in [-0.1, -0.05) is 13.8 Å². The molecular formula is C12H22N2O3S. The fourth-order valence-electron chi connectivity index (χ4n) is 2.85. The number of sulfone groups is 1. The molecular weight excluding hydrogens is 252 g/mol. The van der Waals surface area contributed by atoms with Gasteiger partial charge < -0.3 is 10.6 Å². The summed E-state index contributed by atoms with van der Waals surface area (Å²) in [5, 5.41) is 6.12. The zero-order valence-electron chi connectivity index (χ0n) is 11.0. The van der Waals surface area contributed by atoms with Crippen LogP contribution in [0.5, 0.6) is 0 Å². The SMILES string of the molecule is CC1(C)CCCNC1C(=O)NC1CCS(=O)(=O)C1. The molecule has 1 amide bonds. The third kappa shape index (κ3) is 3.03. The summed E-state index contributed by atoms with van der Waals surface area (Å²) in [6.45, 7) is 5.01. The Hall–Kier alpha value is -0.620. The van der Waals surface area contributed by atoms with Crippen molar-refractivity contribution in [3.8, 4) is 0 Å². The third-order valence-corrected chi connectivity index (χ3v) is 5.74. The van der Waals surface area contributed by atoms with E-state index < -0.39 is 9.84 Å².